The van der Waals surface area contributed by atoms with Crippen LogP contribution in [0.4, 0.5) is 0 Å². The smallest absolute Gasteiger partial charge is 0.154 e. The van der Waals surface area contributed by atoms with Gasteiger partial charge >= 0.3 is 0 Å². The fourth-order valence-electron chi connectivity index (χ4n) is 0.893. The quantitative estimate of drug-likeness (QED) is 0.316. The first kappa shape index (κ1) is 13.5. The maximum Gasteiger partial charge on any atom is 0.154 e. The SMILES string of the molecule is C[C@](O)(C=O)[C@@](C)(O)[C@@H](O)[C@H](O)CO. The maximum absolute atomic E-state index is 10.4. The molecule has 0 saturated carbocycles. The van der Waals surface area contributed by atoms with Crippen LogP contribution in [-0.4, -0.2) is 61.8 Å². The molecule has 0 rings (SSSR count). The van der Waals surface area contributed by atoms with Crippen molar-refractivity contribution in [2.24, 2.45) is 0 Å². The highest BCUT2D eigenvalue weighted by Crippen LogP contribution is 2.25. The number of aldehydes is 1. The minimum absolute atomic E-state index is 0.0559. The third-order valence-corrected chi connectivity index (χ3v) is 2.38. The van der Waals surface area contributed by atoms with Crippen molar-refractivity contribution in [2.45, 2.75) is 37.3 Å². The second-order valence-electron chi connectivity index (χ2n) is 3.61. The molecule has 84 valence electrons. The van der Waals surface area contributed by atoms with Crippen LogP contribution in [0.5, 0.6) is 0 Å². The molecule has 5 N–H and O–H groups in total. The molecule has 0 aromatic heterocycles. The van der Waals surface area contributed by atoms with Gasteiger partial charge in [-0.05, 0) is 13.8 Å². The molecule has 0 aromatic rings. The zero-order valence-corrected chi connectivity index (χ0v) is 8.08. The Bertz CT molecular complexity index is 200. The zero-order valence-electron chi connectivity index (χ0n) is 8.08. The summed E-state index contributed by atoms with van der Waals surface area (Å²) in [6.07, 6.45) is -3.40. The normalized spacial score (nSPS) is 24.5. The van der Waals surface area contributed by atoms with Gasteiger partial charge in [-0.2, -0.15) is 0 Å². The summed E-state index contributed by atoms with van der Waals surface area (Å²) in [6, 6.07) is 0. The van der Waals surface area contributed by atoms with Gasteiger partial charge in [0.05, 0.1) is 6.61 Å². The first-order valence-electron chi connectivity index (χ1n) is 4.08. The van der Waals surface area contributed by atoms with E-state index in [-0.39, 0.29) is 6.29 Å². The Kier molecular flexibility index (Phi) is 4.16. The van der Waals surface area contributed by atoms with Crippen molar-refractivity contribution >= 4 is 6.29 Å². The van der Waals surface area contributed by atoms with E-state index in [1.165, 1.54) is 0 Å². The molecule has 0 spiro atoms. The molecule has 4 atom stereocenters. The van der Waals surface area contributed by atoms with Gasteiger partial charge in [-0.15, -0.1) is 0 Å². The van der Waals surface area contributed by atoms with Crippen LogP contribution < -0.4 is 0 Å². The van der Waals surface area contributed by atoms with Gasteiger partial charge in [0.1, 0.15) is 23.4 Å². The van der Waals surface area contributed by atoms with Crippen LogP contribution in [-0.2, 0) is 4.79 Å². The van der Waals surface area contributed by atoms with Gasteiger partial charge in [-0.1, -0.05) is 0 Å². The van der Waals surface area contributed by atoms with Crippen LogP contribution >= 0.6 is 0 Å². The fraction of sp³-hybridized carbons (Fsp3) is 0.875. The summed E-state index contributed by atoms with van der Waals surface area (Å²) in [5.74, 6) is 0. The molecule has 0 unspecified atom stereocenters. The standard InChI is InChI=1S/C8H16O6/c1-7(13,4-10)8(2,14)6(12)5(11)3-9/h4-6,9,11-14H,3H2,1-2H3/t5-,6+,7+,8+/m1/s1. The summed E-state index contributed by atoms with van der Waals surface area (Å²) in [4.78, 5) is 10.4. The summed E-state index contributed by atoms with van der Waals surface area (Å²) in [6.45, 7) is 1.20. The van der Waals surface area contributed by atoms with Crippen LogP contribution in [0.3, 0.4) is 0 Å². The molecule has 0 aliphatic carbocycles. The van der Waals surface area contributed by atoms with Crippen molar-refractivity contribution in [2.75, 3.05) is 6.61 Å². The Balaban J connectivity index is 4.85. The van der Waals surface area contributed by atoms with Crippen LogP contribution in [0.15, 0.2) is 0 Å². The van der Waals surface area contributed by atoms with E-state index >= 15 is 0 Å². The highest BCUT2D eigenvalue weighted by molar-refractivity contribution is 5.64. The summed E-state index contributed by atoms with van der Waals surface area (Å²) < 4.78 is 0. The minimum Gasteiger partial charge on any atom is -0.394 e. The van der Waals surface area contributed by atoms with Crippen molar-refractivity contribution in [1.82, 2.24) is 0 Å². The van der Waals surface area contributed by atoms with Gasteiger partial charge in [0.15, 0.2) is 6.29 Å². The molecule has 0 aromatic carbocycles. The van der Waals surface area contributed by atoms with Crippen LogP contribution in [0.2, 0.25) is 0 Å². The van der Waals surface area contributed by atoms with E-state index in [2.05, 4.69) is 0 Å². The monoisotopic (exact) mass is 208 g/mol. The van der Waals surface area contributed by atoms with Crippen molar-refractivity contribution in [3.63, 3.8) is 0 Å². The Morgan fingerprint density at radius 1 is 1.29 bits per heavy atom. The lowest BCUT2D eigenvalue weighted by Crippen LogP contribution is -2.62. The van der Waals surface area contributed by atoms with Gasteiger partial charge in [0, 0.05) is 0 Å². The molecule has 0 saturated heterocycles. The molecule has 6 heteroatoms. The van der Waals surface area contributed by atoms with Crippen molar-refractivity contribution in [1.29, 1.82) is 0 Å². The topological polar surface area (TPSA) is 118 Å². The van der Waals surface area contributed by atoms with Crippen molar-refractivity contribution < 1.29 is 30.3 Å². The van der Waals surface area contributed by atoms with E-state index in [0.29, 0.717) is 0 Å². The van der Waals surface area contributed by atoms with E-state index in [4.69, 9.17) is 10.2 Å². The highest BCUT2D eigenvalue weighted by atomic mass is 16.4. The van der Waals surface area contributed by atoms with Gasteiger partial charge in [0.25, 0.3) is 0 Å². The number of aliphatic hydroxyl groups excluding tert-OH is 3. The summed E-state index contributed by atoms with van der Waals surface area (Å²) >= 11 is 0. The molecular formula is C8H16O6. The molecule has 0 aliphatic heterocycles. The minimum atomic E-state index is -2.24. The highest BCUT2D eigenvalue weighted by Gasteiger charge is 2.49. The first-order valence-corrected chi connectivity index (χ1v) is 4.08. The fourth-order valence-corrected chi connectivity index (χ4v) is 0.893. The molecule has 0 aliphatic rings. The van der Waals surface area contributed by atoms with Gasteiger partial charge in [-0.25, -0.2) is 0 Å². The molecule has 0 radical (unpaired) electrons. The number of aliphatic hydroxyl groups is 5. The number of hydrogen-bond donors (Lipinski definition) is 5. The summed E-state index contributed by atoms with van der Waals surface area (Å²) in [5, 5.41) is 45.9. The van der Waals surface area contributed by atoms with E-state index in [9.17, 15) is 20.1 Å². The number of carbonyl (C=O) groups excluding carboxylic acids is 1. The Morgan fingerprint density at radius 3 is 2.00 bits per heavy atom. The average molecular weight is 208 g/mol. The van der Waals surface area contributed by atoms with Crippen LogP contribution in [0.25, 0.3) is 0 Å². The third kappa shape index (κ3) is 2.28. The van der Waals surface area contributed by atoms with Crippen molar-refractivity contribution in [3.05, 3.63) is 0 Å². The predicted molar refractivity (Wildman–Crippen MR) is 46.4 cm³/mol. The Hall–Kier alpha value is -0.530. The zero-order chi connectivity index (χ0) is 11.6. The maximum atomic E-state index is 10.4. The lowest BCUT2D eigenvalue weighted by atomic mass is 9.80. The van der Waals surface area contributed by atoms with E-state index < -0.39 is 30.0 Å². The summed E-state index contributed by atoms with van der Waals surface area (Å²) in [5.41, 5.74) is -4.44. The summed E-state index contributed by atoms with van der Waals surface area (Å²) in [7, 11) is 0. The molecule has 0 amide bonds. The van der Waals surface area contributed by atoms with Gasteiger partial charge in [0.2, 0.25) is 0 Å². The van der Waals surface area contributed by atoms with E-state index in [1.54, 1.807) is 0 Å². The molecule has 0 bridgehead atoms. The number of hydrogen-bond acceptors (Lipinski definition) is 6. The number of rotatable bonds is 5. The third-order valence-electron chi connectivity index (χ3n) is 2.38. The lowest BCUT2D eigenvalue weighted by Gasteiger charge is -2.39. The molecule has 0 heterocycles. The van der Waals surface area contributed by atoms with Gasteiger partial charge in [-0.3, -0.25) is 0 Å². The second-order valence-corrected chi connectivity index (χ2v) is 3.61. The molecular weight excluding hydrogens is 192 g/mol. The van der Waals surface area contributed by atoms with Crippen LogP contribution in [0.1, 0.15) is 13.8 Å². The Labute approximate surface area is 81.4 Å². The van der Waals surface area contributed by atoms with Crippen LogP contribution in [0, 0.1) is 0 Å². The van der Waals surface area contributed by atoms with E-state index in [0.717, 1.165) is 13.8 Å². The largest absolute Gasteiger partial charge is 0.394 e. The van der Waals surface area contributed by atoms with E-state index in [1.807, 2.05) is 0 Å². The molecule has 0 fully saturated rings. The lowest BCUT2D eigenvalue weighted by molar-refractivity contribution is -0.204. The average Bonchev–Trinajstić information content (AvgIpc) is 2.14. The Morgan fingerprint density at radius 2 is 1.71 bits per heavy atom. The number of carbonyl (C=O) groups is 1. The first-order chi connectivity index (χ1) is 6.20. The van der Waals surface area contributed by atoms with Gasteiger partial charge < -0.3 is 30.3 Å². The molecule has 14 heavy (non-hydrogen) atoms. The molecule has 6 nitrogen and oxygen atoms in total. The second kappa shape index (κ2) is 4.33. The predicted octanol–water partition coefficient (Wildman–Crippen LogP) is -2.60. The van der Waals surface area contributed by atoms with Crippen molar-refractivity contribution in [3.8, 4) is 0 Å².